The lowest BCUT2D eigenvalue weighted by atomic mass is 9.64. The van der Waals surface area contributed by atoms with Crippen molar-refractivity contribution in [3.05, 3.63) is 76.9 Å². The van der Waals surface area contributed by atoms with Gasteiger partial charge in [-0.2, -0.15) is 15.8 Å². The van der Waals surface area contributed by atoms with Gasteiger partial charge in [0.05, 0.1) is 23.0 Å². The summed E-state index contributed by atoms with van der Waals surface area (Å²) in [5.41, 5.74) is 1.31. The van der Waals surface area contributed by atoms with Crippen molar-refractivity contribution < 1.29 is 9.53 Å². The van der Waals surface area contributed by atoms with Crippen molar-refractivity contribution in [1.82, 2.24) is 9.97 Å². The molecule has 0 aliphatic heterocycles. The van der Waals surface area contributed by atoms with Crippen molar-refractivity contribution in [2.45, 2.75) is 44.4 Å². The van der Waals surface area contributed by atoms with E-state index in [9.17, 15) is 15.3 Å². The molecule has 35 heavy (non-hydrogen) atoms. The normalized spacial score (nSPS) is 23.0. The number of ether oxygens (including phenoxy) is 1. The van der Waals surface area contributed by atoms with Crippen molar-refractivity contribution in [1.29, 1.82) is 15.8 Å². The maximum Gasteiger partial charge on any atom is 0.324 e. The fraction of sp³-hybridized carbons (Fsp3) is 0.286. The predicted octanol–water partition coefficient (Wildman–Crippen LogP) is 4.69. The van der Waals surface area contributed by atoms with E-state index in [1.54, 1.807) is 24.3 Å². The van der Waals surface area contributed by atoms with Gasteiger partial charge in [-0.05, 0) is 53.6 Å². The van der Waals surface area contributed by atoms with E-state index in [1.165, 1.54) is 0 Å². The lowest BCUT2D eigenvalue weighted by Gasteiger charge is -2.38. The van der Waals surface area contributed by atoms with Crippen molar-refractivity contribution in [2.75, 3.05) is 0 Å². The van der Waals surface area contributed by atoms with E-state index in [1.807, 2.05) is 57.2 Å². The smallest absolute Gasteiger partial charge is 0.324 e. The van der Waals surface area contributed by atoms with Crippen LogP contribution < -0.4 is 4.74 Å². The van der Waals surface area contributed by atoms with Crippen LogP contribution in [0.25, 0.3) is 11.1 Å². The second kappa shape index (κ2) is 7.49. The summed E-state index contributed by atoms with van der Waals surface area (Å²) in [5.74, 6) is -0.0271. The SMILES string of the molecule is CC12CCC(C(=O)Oc3ccc(-c4ccc(C#N)cc4)cc3)(c3nc(C#N)c(C#N)nc31)C2(C)C. The van der Waals surface area contributed by atoms with Gasteiger partial charge in [0.25, 0.3) is 0 Å². The maximum atomic E-state index is 13.8. The van der Waals surface area contributed by atoms with Gasteiger partial charge in [0.15, 0.2) is 11.4 Å². The van der Waals surface area contributed by atoms with Crippen molar-refractivity contribution >= 4 is 5.97 Å². The van der Waals surface area contributed by atoms with Gasteiger partial charge in [0, 0.05) is 5.41 Å². The zero-order valence-corrected chi connectivity index (χ0v) is 19.6. The maximum absolute atomic E-state index is 13.8. The van der Waals surface area contributed by atoms with Gasteiger partial charge in [-0.3, -0.25) is 4.79 Å². The molecule has 0 amide bonds. The summed E-state index contributed by atoms with van der Waals surface area (Å²) in [5, 5.41) is 28.0. The number of nitriles is 3. The van der Waals surface area contributed by atoms with Crippen LogP contribution >= 0.6 is 0 Å². The Kier molecular flexibility index (Phi) is 4.76. The number of esters is 1. The highest BCUT2D eigenvalue weighted by Gasteiger charge is 2.74. The Balaban J connectivity index is 1.51. The number of benzene rings is 2. The summed E-state index contributed by atoms with van der Waals surface area (Å²) in [6.45, 7) is 6.07. The summed E-state index contributed by atoms with van der Waals surface area (Å²) < 4.78 is 5.92. The molecule has 0 spiro atoms. The monoisotopic (exact) mass is 459 g/mol. The number of carbonyl (C=O) groups is 1. The number of fused-ring (bicyclic) bond motifs is 5. The third kappa shape index (κ3) is 2.84. The van der Waals surface area contributed by atoms with Gasteiger partial charge in [-0.25, -0.2) is 9.97 Å². The van der Waals surface area contributed by atoms with Crippen LogP contribution in [0.2, 0.25) is 0 Å². The Labute approximate surface area is 203 Å². The minimum absolute atomic E-state index is 0.0160. The van der Waals surface area contributed by atoms with E-state index in [-0.39, 0.29) is 11.4 Å². The molecule has 1 heterocycles. The largest absolute Gasteiger partial charge is 0.426 e. The summed E-state index contributed by atoms with van der Waals surface area (Å²) in [6.07, 6.45) is 1.22. The van der Waals surface area contributed by atoms with E-state index in [4.69, 9.17) is 10.00 Å². The Hall–Kier alpha value is -4.54. The standard InChI is InChI=1S/C28H21N5O2/c1-26(2)27(3)12-13-28(26,24-23(27)32-21(15-30)22(16-31)33-24)25(34)35-20-10-8-19(9-11-20)18-6-4-17(14-29)5-7-18/h4-11H,12-13H2,1-3H3. The third-order valence-corrected chi connectivity index (χ3v) is 8.24. The zero-order valence-electron chi connectivity index (χ0n) is 19.6. The van der Waals surface area contributed by atoms with Crippen LogP contribution in [-0.2, 0) is 15.6 Å². The van der Waals surface area contributed by atoms with Crippen LogP contribution in [0.4, 0.5) is 0 Å². The average Bonchev–Trinajstić information content (AvgIpc) is 3.18. The highest BCUT2D eigenvalue weighted by molar-refractivity contribution is 5.89. The molecular formula is C28H21N5O2. The summed E-state index contributed by atoms with van der Waals surface area (Å²) in [4.78, 5) is 22.8. The molecule has 2 aromatic carbocycles. The fourth-order valence-corrected chi connectivity index (χ4v) is 5.74. The number of aromatic nitrogens is 2. The summed E-state index contributed by atoms with van der Waals surface area (Å²) >= 11 is 0. The summed E-state index contributed by atoms with van der Waals surface area (Å²) in [6, 6.07) is 20.5. The highest BCUT2D eigenvalue weighted by Crippen LogP contribution is 2.70. The number of rotatable bonds is 3. The zero-order chi connectivity index (χ0) is 25.0. The number of hydrogen-bond acceptors (Lipinski definition) is 7. The average molecular weight is 460 g/mol. The van der Waals surface area contributed by atoms with E-state index >= 15 is 0 Å². The van der Waals surface area contributed by atoms with Crippen LogP contribution in [0.15, 0.2) is 48.5 Å². The Morgan fingerprint density at radius 2 is 1.34 bits per heavy atom. The number of hydrogen-bond donors (Lipinski definition) is 0. The summed E-state index contributed by atoms with van der Waals surface area (Å²) in [7, 11) is 0. The molecule has 2 unspecified atom stereocenters. The molecule has 5 rings (SSSR count). The second-order valence-electron chi connectivity index (χ2n) is 9.81. The quantitative estimate of drug-likeness (QED) is 0.411. The highest BCUT2D eigenvalue weighted by atomic mass is 16.5. The predicted molar refractivity (Wildman–Crippen MR) is 126 cm³/mol. The molecule has 7 nitrogen and oxygen atoms in total. The molecular weight excluding hydrogens is 438 g/mol. The van der Waals surface area contributed by atoms with E-state index in [0.717, 1.165) is 11.1 Å². The van der Waals surface area contributed by atoms with Crippen LogP contribution in [-0.4, -0.2) is 15.9 Å². The lowest BCUT2D eigenvalue weighted by Crippen LogP contribution is -2.48. The van der Waals surface area contributed by atoms with E-state index in [2.05, 4.69) is 16.0 Å². The first-order chi connectivity index (χ1) is 16.7. The molecule has 1 aromatic heterocycles. The van der Waals surface area contributed by atoms with Crippen molar-refractivity contribution in [3.8, 4) is 35.1 Å². The molecule has 1 fully saturated rings. The first-order valence-corrected chi connectivity index (χ1v) is 11.3. The topological polar surface area (TPSA) is 123 Å². The number of carbonyl (C=O) groups excluding carboxylic acids is 1. The molecule has 0 radical (unpaired) electrons. The number of nitrogens with zero attached hydrogens (tertiary/aromatic N) is 5. The van der Waals surface area contributed by atoms with Gasteiger partial charge in [0.2, 0.25) is 0 Å². The Morgan fingerprint density at radius 3 is 1.89 bits per heavy atom. The van der Waals surface area contributed by atoms with Crippen molar-refractivity contribution in [3.63, 3.8) is 0 Å². The van der Waals surface area contributed by atoms with Crippen LogP contribution in [0, 0.1) is 39.4 Å². The molecule has 2 atom stereocenters. The minimum Gasteiger partial charge on any atom is -0.426 e. The molecule has 0 saturated heterocycles. The van der Waals surface area contributed by atoms with Gasteiger partial charge in [-0.15, -0.1) is 0 Å². The lowest BCUT2D eigenvalue weighted by molar-refractivity contribution is -0.145. The van der Waals surface area contributed by atoms with Gasteiger partial charge in [-0.1, -0.05) is 45.0 Å². The molecule has 2 aliphatic carbocycles. The second-order valence-corrected chi connectivity index (χ2v) is 9.81. The Bertz CT molecular complexity index is 1500. The molecule has 170 valence electrons. The van der Waals surface area contributed by atoms with E-state index < -0.39 is 22.2 Å². The molecule has 7 heteroatoms. The molecule has 1 saturated carbocycles. The van der Waals surface area contributed by atoms with Gasteiger partial charge in [0.1, 0.15) is 23.3 Å². The fourth-order valence-electron chi connectivity index (χ4n) is 5.74. The molecule has 2 bridgehead atoms. The van der Waals surface area contributed by atoms with Crippen LogP contribution in [0.3, 0.4) is 0 Å². The van der Waals surface area contributed by atoms with Crippen LogP contribution in [0.5, 0.6) is 5.75 Å². The van der Waals surface area contributed by atoms with Crippen LogP contribution in [0.1, 0.15) is 62.0 Å². The molecule has 0 N–H and O–H groups in total. The first-order valence-electron chi connectivity index (χ1n) is 11.3. The first kappa shape index (κ1) is 22.3. The third-order valence-electron chi connectivity index (χ3n) is 8.24. The molecule has 2 aliphatic rings. The van der Waals surface area contributed by atoms with Crippen molar-refractivity contribution in [2.24, 2.45) is 5.41 Å². The minimum atomic E-state index is -1.07. The van der Waals surface area contributed by atoms with E-state index in [0.29, 0.717) is 35.5 Å². The van der Waals surface area contributed by atoms with Gasteiger partial charge >= 0.3 is 5.97 Å². The van der Waals surface area contributed by atoms with Gasteiger partial charge < -0.3 is 4.74 Å². The molecule has 3 aromatic rings. The Morgan fingerprint density at radius 1 is 0.800 bits per heavy atom.